The van der Waals surface area contributed by atoms with Gasteiger partial charge in [-0.15, -0.1) is 12.4 Å². The standard InChI is InChI=1S/C19H31N3O3S.ClH/c1-3-18(4-2)19(23)20-10-15-26(24,25)22-13-11-21(12-14-22)16-17-8-6-5-7-9-17;/h5-9,18H,3-4,10-16H2,1-2H3,(H,20,23);1H. The van der Waals surface area contributed by atoms with Crippen LogP contribution in [0.1, 0.15) is 32.3 Å². The van der Waals surface area contributed by atoms with E-state index in [1.165, 1.54) is 5.56 Å². The van der Waals surface area contributed by atoms with E-state index in [0.717, 1.165) is 32.5 Å². The molecule has 1 saturated heterocycles. The smallest absolute Gasteiger partial charge is 0.223 e. The lowest BCUT2D eigenvalue weighted by molar-refractivity contribution is -0.125. The number of carbonyl (C=O) groups excluding carboxylic acids is 1. The molecule has 0 saturated carbocycles. The molecule has 1 aromatic rings. The zero-order chi connectivity index (χ0) is 19.0. The van der Waals surface area contributed by atoms with Crippen LogP contribution in [-0.2, 0) is 21.4 Å². The number of hydrogen-bond acceptors (Lipinski definition) is 4. The Labute approximate surface area is 169 Å². The number of rotatable bonds is 9. The van der Waals surface area contributed by atoms with Gasteiger partial charge in [0.15, 0.2) is 0 Å². The molecule has 1 aromatic carbocycles. The summed E-state index contributed by atoms with van der Waals surface area (Å²) in [6.07, 6.45) is 1.55. The molecule has 0 bridgehead atoms. The van der Waals surface area contributed by atoms with E-state index in [1.807, 2.05) is 32.0 Å². The number of sulfonamides is 1. The first-order valence-corrected chi connectivity index (χ1v) is 11.1. The maximum atomic E-state index is 12.5. The Kier molecular flexibility index (Phi) is 10.3. The summed E-state index contributed by atoms with van der Waals surface area (Å²) in [5.74, 6) is -0.102. The number of nitrogens with one attached hydrogen (secondary N) is 1. The van der Waals surface area contributed by atoms with Crippen molar-refractivity contribution in [1.29, 1.82) is 0 Å². The van der Waals surface area contributed by atoms with Crippen molar-refractivity contribution < 1.29 is 13.2 Å². The summed E-state index contributed by atoms with van der Waals surface area (Å²) in [5, 5.41) is 2.77. The SMILES string of the molecule is CCC(CC)C(=O)NCCS(=O)(=O)N1CCN(Cc2ccccc2)CC1.Cl. The molecule has 1 amide bonds. The molecular formula is C19H32ClN3O3S. The fourth-order valence-electron chi connectivity index (χ4n) is 3.24. The Morgan fingerprint density at radius 1 is 1.07 bits per heavy atom. The van der Waals surface area contributed by atoms with Gasteiger partial charge in [0, 0.05) is 45.2 Å². The van der Waals surface area contributed by atoms with E-state index in [4.69, 9.17) is 0 Å². The maximum absolute atomic E-state index is 12.5. The minimum atomic E-state index is -3.32. The molecule has 0 radical (unpaired) electrons. The van der Waals surface area contributed by atoms with Gasteiger partial charge < -0.3 is 5.32 Å². The fraction of sp³-hybridized carbons (Fsp3) is 0.632. The van der Waals surface area contributed by atoms with Crippen LogP contribution >= 0.6 is 12.4 Å². The molecule has 0 unspecified atom stereocenters. The second kappa shape index (κ2) is 11.6. The number of amides is 1. The highest BCUT2D eigenvalue weighted by Crippen LogP contribution is 2.12. The van der Waals surface area contributed by atoms with E-state index in [9.17, 15) is 13.2 Å². The molecule has 2 rings (SSSR count). The molecule has 1 aliphatic heterocycles. The van der Waals surface area contributed by atoms with Crippen LogP contribution in [0.4, 0.5) is 0 Å². The van der Waals surface area contributed by atoms with Gasteiger partial charge >= 0.3 is 0 Å². The molecular weight excluding hydrogens is 386 g/mol. The molecule has 1 N–H and O–H groups in total. The van der Waals surface area contributed by atoms with Gasteiger partial charge in [-0.1, -0.05) is 44.2 Å². The summed E-state index contributed by atoms with van der Waals surface area (Å²) < 4.78 is 26.5. The monoisotopic (exact) mass is 417 g/mol. The van der Waals surface area contributed by atoms with Crippen molar-refractivity contribution >= 4 is 28.3 Å². The van der Waals surface area contributed by atoms with Crippen molar-refractivity contribution in [2.75, 3.05) is 38.5 Å². The zero-order valence-electron chi connectivity index (χ0n) is 16.3. The average Bonchev–Trinajstić information content (AvgIpc) is 2.64. The van der Waals surface area contributed by atoms with Gasteiger partial charge in [-0.3, -0.25) is 9.69 Å². The summed E-state index contributed by atoms with van der Waals surface area (Å²) in [4.78, 5) is 14.2. The number of piperazine rings is 1. The Morgan fingerprint density at radius 2 is 1.67 bits per heavy atom. The van der Waals surface area contributed by atoms with E-state index in [-0.39, 0.29) is 36.5 Å². The predicted molar refractivity (Wildman–Crippen MR) is 111 cm³/mol. The summed E-state index contributed by atoms with van der Waals surface area (Å²) >= 11 is 0. The van der Waals surface area contributed by atoms with E-state index in [2.05, 4.69) is 22.3 Å². The molecule has 0 atom stereocenters. The largest absolute Gasteiger partial charge is 0.355 e. The Balaban J connectivity index is 0.00000364. The number of hydrogen-bond donors (Lipinski definition) is 1. The third-order valence-corrected chi connectivity index (χ3v) is 6.86. The number of carbonyl (C=O) groups is 1. The third kappa shape index (κ3) is 7.41. The first kappa shape index (κ1) is 23.9. The molecule has 1 aliphatic rings. The van der Waals surface area contributed by atoms with Crippen LogP contribution < -0.4 is 5.32 Å². The van der Waals surface area contributed by atoms with Crippen LogP contribution in [-0.4, -0.2) is 62.0 Å². The van der Waals surface area contributed by atoms with Crippen LogP contribution in [0.2, 0.25) is 0 Å². The van der Waals surface area contributed by atoms with Crippen LogP contribution in [0.5, 0.6) is 0 Å². The molecule has 1 heterocycles. The summed E-state index contributed by atoms with van der Waals surface area (Å²) in [5.41, 5.74) is 1.24. The highest BCUT2D eigenvalue weighted by atomic mass is 35.5. The van der Waals surface area contributed by atoms with Crippen molar-refractivity contribution in [3.8, 4) is 0 Å². The Hall–Kier alpha value is -1.15. The summed E-state index contributed by atoms with van der Waals surface area (Å²) in [6, 6.07) is 10.2. The normalized spacial score (nSPS) is 16.1. The fourth-order valence-corrected chi connectivity index (χ4v) is 4.58. The number of halogens is 1. The Bertz CT molecular complexity index is 658. The number of nitrogens with zero attached hydrogens (tertiary/aromatic N) is 2. The summed E-state index contributed by atoms with van der Waals surface area (Å²) in [7, 11) is -3.32. The first-order chi connectivity index (χ1) is 12.5. The Morgan fingerprint density at radius 3 is 2.22 bits per heavy atom. The first-order valence-electron chi connectivity index (χ1n) is 9.48. The highest BCUT2D eigenvalue weighted by molar-refractivity contribution is 7.89. The molecule has 154 valence electrons. The molecule has 1 fully saturated rings. The molecule has 0 aliphatic carbocycles. The van der Waals surface area contributed by atoms with Gasteiger partial charge in [0.2, 0.25) is 15.9 Å². The summed E-state index contributed by atoms with van der Waals surface area (Å²) in [6.45, 7) is 7.45. The second-order valence-corrected chi connectivity index (χ2v) is 8.87. The van der Waals surface area contributed by atoms with Gasteiger partial charge in [0.25, 0.3) is 0 Å². The van der Waals surface area contributed by atoms with Crippen molar-refractivity contribution in [3.05, 3.63) is 35.9 Å². The average molecular weight is 418 g/mol. The third-order valence-electron chi connectivity index (χ3n) is 4.99. The van der Waals surface area contributed by atoms with E-state index >= 15 is 0 Å². The topological polar surface area (TPSA) is 69.7 Å². The van der Waals surface area contributed by atoms with Crippen molar-refractivity contribution in [2.45, 2.75) is 33.2 Å². The molecule has 0 aromatic heterocycles. The van der Waals surface area contributed by atoms with Crippen LogP contribution in [0.25, 0.3) is 0 Å². The minimum Gasteiger partial charge on any atom is -0.355 e. The predicted octanol–water partition coefficient (Wildman–Crippen LogP) is 2.11. The lowest BCUT2D eigenvalue weighted by atomic mass is 10.0. The molecule has 6 nitrogen and oxygen atoms in total. The van der Waals surface area contributed by atoms with Crippen molar-refractivity contribution in [1.82, 2.24) is 14.5 Å². The minimum absolute atomic E-state index is 0. The number of benzene rings is 1. The van der Waals surface area contributed by atoms with Crippen molar-refractivity contribution in [3.63, 3.8) is 0 Å². The van der Waals surface area contributed by atoms with Gasteiger partial charge in [0.05, 0.1) is 5.75 Å². The van der Waals surface area contributed by atoms with Gasteiger partial charge in [-0.2, -0.15) is 4.31 Å². The lowest BCUT2D eigenvalue weighted by Crippen LogP contribution is -2.49. The van der Waals surface area contributed by atoms with Crippen molar-refractivity contribution in [2.24, 2.45) is 5.92 Å². The molecule has 27 heavy (non-hydrogen) atoms. The van der Waals surface area contributed by atoms with Crippen LogP contribution in [0.15, 0.2) is 30.3 Å². The van der Waals surface area contributed by atoms with Gasteiger partial charge in [-0.25, -0.2) is 8.42 Å². The van der Waals surface area contributed by atoms with E-state index in [1.54, 1.807) is 4.31 Å². The highest BCUT2D eigenvalue weighted by Gasteiger charge is 2.27. The van der Waals surface area contributed by atoms with Crippen LogP contribution in [0.3, 0.4) is 0 Å². The molecule has 0 spiro atoms. The van der Waals surface area contributed by atoms with Gasteiger partial charge in [0.1, 0.15) is 0 Å². The van der Waals surface area contributed by atoms with E-state index in [0.29, 0.717) is 13.1 Å². The quantitative estimate of drug-likeness (QED) is 0.668. The van der Waals surface area contributed by atoms with E-state index < -0.39 is 10.0 Å². The zero-order valence-corrected chi connectivity index (χ0v) is 17.9. The second-order valence-electron chi connectivity index (χ2n) is 6.78. The maximum Gasteiger partial charge on any atom is 0.223 e. The lowest BCUT2D eigenvalue weighted by Gasteiger charge is -2.34. The van der Waals surface area contributed by atoms with Crippen LogP contribution in [0, 0.1) is 5.92 Å². The molecule has 8 heteroatoms. The van der Waals surface area contributed by atoms with Gasteiger partial charge in [-0.05, 0) is 18.4 Å².